The van der Waals surface area contributed by atoms with Crippen LogP contribution in [0.25, 0.3) is 0 Å². The standard InChI is InChI=1S/C5H8N2OS/c6-5(8)4-2-1-3-7-9-4/h1,3-4,7H,2H2,(H2,6,8). The first-order chi connectivity index (χ1) is 4.30. The normalized spacial score (nSPS) is 25.1. The summed E-state index contributed by atoms with van der Waals surface area (Å²) in [6.45, 7) is 0. The molecule has 0 aromatic heterocycles. The molecule has 3 nitrogen and oxygen atoms in total. The maximum Gasteiger partial charge on any atom is 0.232 e. The van der Waals surface area contributed by atoms with Crippen molar-refractivity contribution < 1.29 is 4.79 Å². The van der Waals surface area contributed by atoms with Gasteiger partial charge in [0.1, 0.15) is 5.25 Å². The van der Waals surface area contributed by atoms with E-state index in [1.807, 2.05) is 12.3 Å². The number of hydrogen-bond donors (Lipinski definition) is 2. The Bertz CT molecular complexity index is 146. The molecule has 0 saturated carbocycles. The lowest BCUT2D eigenvalue weighted by molar-refractivity contribution is -0.117. The van der Waals surface area contributed by atoms with Gasteiger partial charge >= 0.3 is 0 Å². The zero-order valence-corrected chi connectivity index (χ0v) is 5.65. The molecule has 0 saturated heterocycles. The average Bonchev–Trinajstić information content (AvgIpc) is 1.90. The molecule has 50 valence electrons. The second-order valence-corrected chi connectivity index (χ2v) is 2.81. The molecule has 0 radical (unpaired) electrons. The van der Waals surface area contributed by atoms with Crippen molar-refractivity contribution in [1.82, 2.24) is 4.72 Å². The summed E-state index contributed by atoms with van der Waals surface area (Å²) < 4.78 is 2.85. The number of allylic oxidation sites excluding steroid dienone is 1. The second-order valence-electron chi connectivity index (χ2n) is 1.76. The lowest BCUT2D eigenvalue weighted by atomic mass is 10.3. The highest BCUT2D eigenvalue weighted by atomic mass is 32.2. The number of carbonyl (C=O) groups is 1. The van der Waals surface area contributed by atoms with Crippen molar-refractivity contribution >= 4 is 17.9 Å². The monoisotopic (exact) mass is 144 g/mol. The maximum atomic E-state index is 10.5. The number of nitrogens with one attached hydrogen (secondary N) is 1. The first-order valence-electron chi connectivity index (χ1n) is 2.66. The molecule has 0 aromatic carbocycles. The van der Waals surface area contributed by atoms with Crippen molar-refractivity contribution in [2.45, 2.75) is 11.7 Å². The van der Waals surface area contributed by atoms with E-state index in [4.69, 9.17) is 5.73 Å². The predicted molar refractivity (Wildman–Crippen MR) is 37.5 cm³/mol. The van der Waals surface area contributed by atoms with Gasteiger partial charge in [0.25, 0.3) is 0 Å². The molecule has 0 spiro atoms. The molecule has 1 unspecified atom stereocenters. The third kappa shape index (κ3) is 1.64. The second kappa shape index (κ2) is 2.77. The third-order valence-electron chi connectivity index (χ3n) is 1.06. The van der Waals surface area contributed by atoms with Gasteiger partial charge in [-0.2, -0.15) is 0 Å². The van der Waals surface area contributed by atoms with Crippen LogP contribution < -0.4 is 10.5 Å². The van der Waals surface area contributed by atoms with Gasteiger partial charge in [-0.3, -0.25) is 4.79 Å². The lowest BCUT2D eigenvalue weighted by Gasteiger charge is -2.13. The minimum atomic E-state index is -0.253. The largest absolute Gasteiger partial charge is 0.369 e. The van der Waals surface area contributed by atoms with E-state index in [-0.39, 0.29) is 11.2 Å². The summed E-state index contributed by atoms with van der Waals surface area (Å²) in [5, 5.41) is -0.0880. The number of hydrogen-bond acceptors (Lipinski definition) is 3. The van der Waals surface area contributed by atoms with Crippen LogP contribution in [0, 0.1) is 0 Å². The smallest absolute Gasteiger partial charge is 0.232 e. The van der Waals surface area contributed by atoms with Crippen LogP contribution in [-0.4, -0.2) is 11.2 Å². The quantitative estimate of drug-likeness (QED) is 0.509. The fraction of sp³-hybridized carbons (Fsp3) is 0.400. The van der Waals surface area contributed by atoms with Crippen molar-refractivity contribution in [3.63, 3.8) is 0 Å². The van der Waals surface area contributed by atoms with E-state index in [1.165, 1.54) is 11.9 Å². The first kappa shape index (κ1) is 6.48. The van der Waals surface area contributed by atoms with E-state index >= 15 is 0 Å². The highest BCUT2D eigenvalue weighted by Crippen LogP contribution is 2.14. The molecular weight excluding hydrogens is 136 g/mol. The minimum absolute atomic E-state index is 0.0880. The van der Waals surface area contributed by atoms with Crippen LogP contribution in [0.4, 0.5) is 0 Å². The Balaban J connectivity index is 2.44. The minimum Gasteiger partial charge on any atom is -0.369 e. The molecule has 4 heteroatoms. The summed E-state index contributed by atoms with van der Waals surface area (Å²) in [5.41, 5.74) is 5.03. The summed E-state index contributed by atoms with van der Waals surface area (Å²) in [5.74, 6) is -0.253. The molecule has 9 heavy (non-hydrogen) atoms. The fourth-order valence-electron chi connectivity index (χ4n) is 0.584. The van der Waals surface area contributed by atoms with Crippen LogP contribution >= 0.6 is 11.9 Å². The molecule has 1 aliphatic rings. The van der Waals surface area contributed by atoms with Crippen molar-refractivity contribution in [2.24, 2.45) is 5.73 Å². The van der Waals surface area contributed by atoms with Gasteiger partial charge < -0.3 is 10.5 Å². The van der Waals surface area contributed by atoms with Crippen LogP contribution in [0.1, 0.15) is 6.42 Å². The first-order valence-corrected chi connectivity index (χ1v) is 3.54. The van der Waals surface area contributed by atoms with Gasteiger partial charge in [0.15, 0.2) is 0 Å². The number of rotatable bonds is 1. The van der Waals surface area contributed by atoms with E-state index in [9.17, 15) is 4.79 Å². The fourth-order valence-corrected chi connectivity index (χ4v) is 1.25. The van der Waals surface area contributed by atoms with E-state index in [0.717, 1.165) is 6.42 Å². The van der Waals surface area contributed by atoms with E-state index in [2.05, 4.69) is 4.72 Å². The SMILES string of the molecule is NC(=O)C1CC=CNS1. The molecule has 3 N–H and O–H groups in total. The summed E-state index contributed by atoms with van der Waals surface area (Å²) in [4.78, 5) is 10.5. The molecule has 0 fully saturated rings. The van der Waals surface area contributed by atoms with E-state index < -0.39 is 0 Å². The highest BCUT2D eigenvalue weighted by Gasteiger charge is 2.15. The van der Waals surface area contributed by atoms with Gasteiger partial charge in [-0.25, -0.2) is 0 Å². The number of carbonyl (C=O) groups excluding carboxylic acids is 1. The number of nitrogens with two attached hydrogens (primary N) is 1. The van der Waals surface area contributed by atoms with Crippen LogP contribution in [0.15, 0.2) is 12.3 Å². The molecule has 0 bridgehead atoms. The Labute approximate surface area is 57.8 Å². The van der Waals surface area contributed by atoms with Crippen LogP contribution in [0.5, 0.6) is 0 Å². The van der Waals surface area contributed by atoms with E-state index in [1.54, 1.807) is 0 Å². The Morgan fingerprint density at radius 3 is 3.00 bits per heavy atom. The lowest BCUT2D eigenvalue weighted by Crippen LogP contribution is -2.28. The van der Waals surface area contributed by atoms with Crippen LogP contribution in [0.2, 0.25) is 0 Å². The Morgan fingerprint density at radius 1 is 1.89 bits per heavy atom. The summed E-state index contributed by atoms with van der Waals surface area (Å²) in [6, 6.07) is 0. The molecule has 1 amide bonds. The molecule has 1 aliphatic heterocycles. The van der Waals surface area contributed by atoms with Gasteiger partial charge in [-0.15, -0.1) is 0 Å². The van der Waals surface area contributed by atoms with E-state index in [0.29, 0.717) is 0 Å². The van der Waals surface area contributed by atoms with Gasteiger partial charge in [0, 0.05) is 6.20 Å². The number of primary amides is 1. The Kier molecular flexibility index (Phi) is 2.00. The Hall–Kier alpha value is -0.640. The van der Waals surface area contributed by atoms with Gasteiger partial charge in [-0.05, 0) is 18.4 Å². The topological polar surface area (TPSA) is 55.1 Å². The van der Waals surface area contributed by atoms with Gasteiger partial charge in [0.05, 0.1) is 0 Å². The molecule has 0 aromatic rings. The average molecular weight is 144 g/mol. The molecule has 0 aliphatic carbocycles. The summed E-state index contributed by atoms with van der Waals surface area (Å²) >= 11 is 1.36. The van der Waals surface area contributed by atoms with Crippen molar-refractivity contribution in [1.29, 1.82) is 0 Å². The van der Waals surface area contributed by atoms with Crippen molar-refractivity contribution in [2.75, 3.05) is 0 Å². The summed E-state index contributed by atoms with van der Waals surface area (Å²) in [7, 11) is 0. The summed E-state index contributed by atoms with van der Waals surface area (Å²) in [6.07, 6.45) is 4.45. The molecule has 1 heterocycles. The van der Waals surface area contributed by atoms with Crippen LogP contribution in [0.3, 0.4) is 0 Å². The van der Waals surface area contributed by atoms with Gasteiger partial charge in [0.2, 0.25) is 5.91 Å². The van der Waals surface area contributed by atoms with Crippen LogP contribution in [-0.2, 0) is 4.79 Å². The van der Waals surface area contributed by atoms with Gasteiger partial charge in [-0.1, -0.05) is 6.08 Å². The van der Waals surface area contributed by atoms with Crippen molar-refractivity contribution in [3.8, 4) is 0 Å². The zero-order valence-electron chi connectivity index (χ0n) is 4.83. The molecule has 1 rings (SSSR count). The van der Waals surface area contributed by atoms with Crippen molar-refractivity contribution in [3.05, 3.63) is 12.3 Å². The molecular formula is C5H8N2OS. The number of amides is 1. The zero-order chi connectivity index (χ0) is 6.69. The Morgan fingerprint density at radius 2 is 2.67 bits per heavy atom. The molecule has 1 atom stereocenters. The third-order valence-corrected chi connectivity index (χ3v) is 2.05. The predicted octanol–water partition coefficient (Wildman–Crippen LogP) is -0.00450. The highest BCUT2D eigenvalue weighted by molar-refractivity contribution is 7.98. The maximum absolute atomic E-state index is 10.5.